The number of para-hydroxylation sites is 3. The van der Waals surface area contributed by atoms with Crippen LogP contribution in [0.25, 0.3) is 44.2 Å². The molecule has 2 heteroatoms. The van der Waals surface area contributed by atoms with E-state index >= 15 is 0 Å². The lowest BCUT2D eigenvalue weighted by Gasteiger charge is -2.45. The van der Waals surface area contributed by atoms with E-state index in [2.05, 4.69) is 254 Å². The van der Waals surface area contributed by atoms with Crippen molar-refractivity contribution in [2.24, 2.45) is 0 Å². The van der Waals surface area contributed by atoms with Crippen LogP contribution >= 0.6 is 0 Å². The summed E-state index contributed by atoms with van der Waals surface area (Å²) in [7, 11) is 0. The van der Waals surface area contributed by atoms with Gasteiger partial charge in [-0.1, -0.05) is 178 Å². The first kappa shape index (κ1) is 36.7. The zero-order valence-corrected chi connectivity index (χ0v) is 35.8. The molecule has 0 radical (unpaired) electrons. The maximum atomic E-state index is 2.51. The second-order valence-corrected chi connectivity index (χ2v) is 18.1. The lowest BCUT2D eigenvalue weighted by atomic mass is 9.64. The quantitative estimate of drug-likeness (QED) is 0.171. The Labute approximate surface area is 375 Å². The largest absolute Gasteiger partial charge is 0.310 e. The van der Waals surface area contributed by atoms with Crippen LogP contribution < -0.4 is 9.80 Å². The summed E-state index contributed by atoms with van der Waals surface area (Å²) in [6, 6.07) is 85.9. The summed E-state index contributed by atoms with van der Waals surface area (Å²) in [4.78, 5) is 4.94. The van der Waals surface area contributed by atoms with Gasteiger partial charge in [0.1, 0.15) is 0 Å². The lowest BCUT2D eigenvalue weighted by molar-refractivity contribution is 0.660. The predicted octanol–water partition coefficient (Wildman–Crippen LogP) is 16.4. The molecule has 302 valence electrons. The van der Waals surface area contributed by atoms with Gasteiger partial charge >= 0.3 is 0 Å². The highest BCUT2D eigenvalue weighted by Crippen LogP contribution is 2.64. The number of benzene rings is 10. The van der Waals surface area contributed by atoms with Crippen LogP contribution in [0.4, 0.5) is 34.1 Å². The van der Waals surface area contributed by atoms with Crippen molar-refractivity contribution >= 4 is 44.9 Å². The van der Waals surface area contributed by atoms with Gasteiger partial charge in [-0.25, -0.2) is 0 Å². The first-order chi connectivity index (χ1) is 31.5. The molecular weight excluding hydrogens is 773 g/mol. The Morgan fingerprint density at radius 1 is 0.328 bits per heavy atom. The number of fused-ring (bicyclic) bond motifs is 13. The maximum absolute atomic E-state index is 2.51. The molecule has 1 spiro atoms. The first-order valence-corrected chi connectivity index (χ1v) is 22.4. The summed E-state index contributed by atoms with van der Waals surface area (Å²) in [6.45, 7) is 4.74. The third kappa shape index (κ3) is 5.14. The molecule has 3 aliphatic rings. The van der Waals surface area contributed by atoms with Gasteiger partial charge in [0.15, 0.2) is 0 Å². The second kappa shape index (κ2) is 13.8. The van der Waals surface area contributed by atoms with Crippen molar-refractivity contribution in [3.8, 4) is 33.4 Å². The monoisotopic (exact) mass is 816 g/mol. The molecule has 0 amide bonds. The van der Waals surface area contributed by atoms with E-state index in [1.807, 2.05) is 0 Å². The highest BCUT2D eigenvalue weighted by Gasteiger charge is 2.52. The summed E-state index contributed by atoms with van der Waals surface area (Å²) in [5.41, 5.74) is 21.7. The molecule has 10 aromatic rings. The van der Waals surface area contributed by atoms with E-state index in [-0.39, 0.29) is 5.41 Å². The molecule has 0 atom stereocenters. The number of hydrogen-bond acceptors (Lipinski definition) is 2. The Hall–Kier alpha value is -7.94. The summed E-state index contributed by atoms with van der Waals surface area (Å²) in [5, 5.41) is 2.50. The Balaban J connectivity index is 1.04. The van der Waals surface area contributed by atoms with Crippen molar-refractivity contribution in [2.75, 3.05) is 9.80 Å². The van der Waals surface area contributed by atoms with E-state index in [1.165, 1.54) is 88.9 Å². The summed E-state index contributed by atoms with van der Waals surface area (Å²) in [5.74, 6) is 0. The fourth-order valence-electron chi connectivity index (χ4n) is 11.5. The molecule has 2 nitrogen and oxygen atoms in total. The molecule has 10 aromatic carbocycles. The average molecular weight is 817 g/mol. The zero-order valence-electron chi connectivity index (χ0n) is 35.8. The van der Waals surface area contributed by atoms with Crippen LogP contribution in [-0.4, -0.2) is 0 Å². The Morgan fingerprint density at radius 3 is 1.50 bits per heavy atom. The van der Waals surface area contributed by atoms with Crippen LogP contribution in [0.1, 0.15) is 47.2 Å². The van der Waals surface area contributed by atoms with Gasteiger partial charge in [0.05, 0.1) is 16.8 Å². The Morgan fingerprint density at radius 2 is 0.812 bits per heavy atom. The van der Waals surface area contributed by atoms with Crippen LogP contribution in [0, 0.1) is 0 Å². The van der Waals surface area contributed by atoms with E-state index in [1.54, 1.807) is 0 Å². The lowest BCUT2D eigenvalue weighted by Crippen LogP contribution is -2.36. The van der Waals surface area contributed by atoms with Gasteiger partial charge in [0, 0.05) is 28.2 Å². The van der Waals surface area contributed by atoms with Gasteiger partial charge in [-0.05, 0) is 144 Å². The molecule has 0 bridgehead atoms. The summed E-state index contributed by atoms with van der Waals surface area (Å²) >= 11 is 0. The number of nitrogens with zero attached hydrogens (tertiary/aromatic N) is 2. The molecule has 0 saturated carbocycles. The second-order valence-electron chi connectivity index (χ2n) is 18.1. The predicted molar refractivity (Wildman–Crippen MR) is 267 cm³/mol. The van der Waals surface area contributed by atoms with Crippen molar-refractivity contribution in [1.82, 2.24) is 0 Å². The van der Waals surface area contributed by atoms with Gasteiger partial charge in [0.2, 0.25) is 0 Å². The minimum Gasteiger partial charge on any atom is -0.310 e. The summed E-state index contributed by atoms with van der Waals surface area (Å²) < 4.78 is 0. The Bertz CT molecular complexity index is 3440. The molecule has 0 saturated heterocycles. The van der Waals surface area contributed by atoms with E-state index in [0.717, 1.165) is 22.7 Å². The molecule has 13 rings (SSSR count). The molecule has 64 heavy (non-hydrogen) atoms. The van der Waals surface area contributed by atoms with Crippen molar-refractivity contribution in [3.05, 3.63) is 264 Å². The van der Waals surface area contributed by atoms with Crippen LogP contribution in [0.15, 0.2) is 231 Å². The van der Waals surface area contributed by atoms with Crippen LogP contribution in [-0.2, 0) is 10.8 Å². The Kier molecular flexibility index (Phi) is 7.90. The van der Waals surface area contributed by atoms with Crippen LogP contribution in [0.5, 0.6) is 0 Å². The highest BCUT2D eigenvalue weighted by atomic mass is 15.2. The molecule has 2 aliphatic carbocycles. The van der Waals surface area contributed by atoms with Gasteiger partial charge in [-0.3, -0.25) is 0 Å². The normalized spacial score (nSPS) is 14.3. The fraction of sp³-hybridized carbons (Fsp3) is 0.0645. The minimum atomic E-state index is -0.562. The standard InChI is InChI=1S/C62H44N2/c1-61(2)53-22-10-8-20-49(53)51-36-34-47(39-57(51)61)63(46-32-30-42(31-33-46)44-29-28-41-16-6-7-17-43(41)38-44)48-35-37-52-50-21-9-11-23-54(50)62(58(52)40-48)55-24-12-14-26-59(55)64(45-18-4-3-5-19-45)60-27-15-13-25-56(60)62/h3-40H,1-2H3. The molecule has 0 N–H and O–H groups in total. The van der Waals surface area contributed by atoms with Crippen molar-refractivity contribution < 1.29 is 0 Å². The number of rotatable bonds is 5. The third-order valence-electron chi connectivity index (χ3n) is 14.4. The maximum Gasteiger partial charge on any atom is 0.0755 e. The van der Waals surface area contributed by atoms with Gasteiger partial charge in [-0.2, -0.15) is 0 Å². The highest BCUT2D eigenvalue weighted by molar-refractivity contribution is 5.97. The molecular formula is C62H44N2. The fourth-order valence-corrected chi connectivity index (χ4v) is 11.5. The van der Waals surface area contributed by atoms with Crippen LogP contribution in [0.2, 0.25) is 0 Å². The number of anilines is 6. The minimum absolute atomic E-state index is 0.142. The van der Waals surface area contributed by atoms with Crippen LogP contribution in [0.3, 0.4) is 0 Å². The van der Waals surface area contributed by atoms with Gasteiger partial charge in [-0.15, -0.1) is 0 Å². The van der Waals surface area contributed by atoms with E-state index < -0.39 is 5.41 Å². The SMILES string of the molecule is CC1(C)c2ccccc2-c2ccc(N(c3ccc(-c4ccc5ccccc5c4)cc3)c3ccc4c(c3)C3(c5ccccc5-4)c4ccccc4N(c4ccccc4)c4ccccc43)cc21. The number of hydrogen-bond donors (Lipinski definition) is 0. The van der Waals surface area contributed by atoms with E-state index in [9.17, 15) is 0 Å². The molecule has 1 aliphatic heterocycles. The molecule has 0 aromatic heterocycles. The third-order valence-corrected chi connectivity index (χ3v) is 14.4. The molecule has 1 heterocycles. The van der Waals surface area contributed by atoms with Crippen molar-refractivity contribution in [3.63, 3.8) is 0 Å². The molecule has 0 unspecified atom stereocenters. The summed E-state index contributed by atoms with van der Waals surface area (Å²) in [6.07, 6.45) is 0. The van der Waals surface area contributed by atoms with Gasteiger partial charge in [0.25, 0.3) is 0 Å². The smallest absolute Gasteiger partial charge is 0.0755 e. The van der Waals surface area contributed by atoms with E-state index in [0.29, 0.717) is 0 Å². The topological polar surface area (TPSA) is 6.48 Å². The van der Waals surface area contributed by atoms with E-state index in [4.69, 9.17) is 0 Å². The van der Waals surface area contributed by atoms with Crippen molar-refractivity contribution in [1.29, 1.82) is 0 Å². The zero-order chi connectivity index (χ0) is 42.6. The van der Waals surface area contributed by atoms with Gasteiger partial charge < -0.3 is 9.80 Å². The first-order valence-electron chi connectivity index (χ1n) is 22.4. The van der Waals surface area contributed by atoms with Crippen molar-refractivity contribution in [2.45, 2.75) is 24.7 Å². The average Bonchev–Trinajstić information content (AvgIpc) is 3.77. The molecule has 0 fully saturated rings.